The molecule has 0 rings (SSSR count). The van der Waals surface area contributed by atoms with Gasteiger partial charge in [-0.1, -0.05) is 283 Å². The van der Waals surface area contributed by atoms with E-state index in [0.29, 0.717) is 25.9 Å². The number of aliphatic hydroxyl groups excluding tert-OH is 2. The molecule has 0 aromatic rings. The topological polar surface area (TPSA) is 95.9 Å². The lowest BCUT2D eigenvalue weighted by atomic mass is 10.0. The van der Waals surface area contributed by atoms with E-state index in [1.807, 2.05) is 0 Å². The highest BCUT2D eigenvalue weighted by molar-refractivity contribution is 5.76. The molecule has 0 fully saturated rings. The molecule has 6 nitrogen and oxygen atoms in total. The van der Waals surface area contributed by atoms with Gasteiger partial charge in [0.1, 0.15) is 0 Å². The summed E-state index contributed by atoms with van der Waals surface area (Å²) in [5, 5.41) is 23.3. The summed E-state index contributed by atoms with van der Waals surface area (Å²) in [6.07, 6.45) is 65.0. The first-order valence-corrected chi connectivity index (χ1v) is 29.4. The van der Waals surface area contributed by atoms with E-state index in [9.17, 15) is 19.8 Å². The minimum Gasteiger partial charge on any atom is -0.466 e. The van der Waals surface area contributed by atoms with Crippen molar-refractivity contribution in [3.8, 4) is 0 Å². The number of aliphatic hydroxyl groups is 2. The molecule has 0 saturated carbocycles. The number of hydrogen-bond acceptors (Lipinski definition) is 5. The molecule has 1 amide bonds. The van der Waals surface area contributed by atoms with Crippen LogP contribution in [0.1, 0.15) is 328 Å². The fourth-order valence-corrected chi connectivity index (χ4v) is 9.29. The molecule has 0 aliphatic carbocycles. The first kappa shape index (κ1) is 63.6. The zero-order valence-corrected chi connectivity index (χ0v) is 44.0. The SMILES string of the molecule is CCCCCCCCCCCCCCCCCCCCCCC(O)C(CO)NC(=O)CCC/C=C\CCCCCCOC(=O)CCCCCCCCCCCCCCCCCCCCC. The van der Waals surface area contributed by atoms with Crippen LogP contribution in [-0.4, -0.2) is 47.4 Å². The van der Waals surface area contributed by atoms with Crippen molar-refractivity contribution in [2.75, 3.05) is 13.2 Å². The number of carbonyl (C=O) groups excluding carboxylic acids is 2. The van der Waals surface area contributed by atoms with E-state index in [1.54, 1.807) is 0 Å². The van der Waals surface area contributed by atoms with Gasteiger partial charge in [0.2, 0.25) is 5.91 Å². The standard InChI is InChI=1S/C59H115NO5/c1-3-5-7-9-11-13-15-17-19-21-23-25-26-28-30-32-35-39-43-47-51-57(62)56(55-61)60-58(63)52-48-44-40-36-34-38-42-46-50-54-65-59(64)53-49-45-41-37-33-31-29-27-24-22-20-18-16-14-12-10-8-6-4-2/h36,40,56-57,61-62H,3-35,37-39,41-55H2,1-2H3,(H,60,63)/b40-36-. The maximum atomic E-state index is 12.5. The number of hydrogen-bond donors (Lipinski definition) is 3. The molecule has 0 aliphatic heterocycles. The van der Waals surface area contributed by atoms with E-state index in [-0.39, 0.29) is 18.5 Å². The Kier molecular flexibility index (Phi) is 54.0. The molecular formula is C59H115NO5. The van der Waals surface area contributed by atoms with Crippen LogP contribution in [0.15, 0.2) is 12.2 Å². The van der Waals surface area contributed by atoms with Gasteiger partial charge in [-0.15, -0.1) is 0 Å². The van der Waals surface area contributed by atoms with Crippen LogP contribution < -0.4 is 5.32 Å². The van der Waals surface area contributed by atoms with Crippen molar-refractivity contribution in [2.24, 2.45) is 0 Å². The van der Waals surface area contributed by atoms with Gasteiger partial charge in [-0.3, -0.25) is 9.59 Å². The molecule has 65 heavy (non-hydrogen) atoms. The summed E-state index contributed by atoms with van der Waals surface area (Å²) in [6, 6.07) is -0.579. The molecule has 0 radical (unpaired) electrons. The summed E-state index contributed by atoms with van der Waals surface area (Å²) >= 11 is 0. The third-order valence-corrected chi connectivity index (χ3v) is 13.8. The number of nitrogens with one attached hydrogen (secondary N) is 1. The van der Waals surface area contributed by atoms with E-state index in [2.05, 4.69) is 31.3 Å². The number of amides is 1. The van der Waals surface area contributed by atoms with Gasteiger partial charge in [0.15, 0.2) is 0 Å². The van der Waals surface area contributed by atoms with Crippen molar-refractivity contribution < 1.29 is 24.5 Å². The number of rotatable bonds is 55. The highest BCUT2D eigenvalue weighted by Gasteiger charge is 2.20. The predicted molar refractivity (Wildman–Crippen MR) is 283 cm³/mol. The monoisotopic (exact) mass is 918 g/mol. The molecule has 0 saturated heterocycles. The minimum atomic E-state index is -0.695. The van der Waals surface area contributed by atoms with E-state index < -0.39 is 12.1 Å². The van der Waals surface area contributed by atoms with Crippen molar-refractivity contribution in [3.05, 3.63) is 12.2 Å². The summed E-state index contributed by atoms with van der Waals surface area (Å²) < 4.78 is 5.46. The Balaban J connectivity index is 3.49. The second kappa shape index (κ2) is 55.2. The summed E-state index contributed by atoms with van der Waals surface area (Å²) in [6.45, 7) is 4.90. The first-order chi connectivity index (χ1) is 32.0. The third-order valence-electron chi connectivity index (χ3n) is 13.8. The zero-order chi connectivity index (χ0) is 47.2. The third kappa shape index (κ3) is 51.8. The van der Waals surface area contributed by atoms with E-state index in [4.69, 9.17) is 4.74 Å². The molecule has 6 heteroatoms. The molecule has 2 unspecified atom stereocenters. The molecule has 0 bridgehead atoms. The Morgan fingerprint density at radius 2 is 0.738 bits per heavy atom. The van der Waals surface area contributed by atoms with Crippen molar-refractivity contribution in [2.45, 2.75) is 341 Å². The van der Waals surface area contributed by atoms with Gasteiger partial charge in [-0.05, 0) is 44.9 Å². The van der Waals surface area contributed by atoms with Crippen molar-refractivity contribution in [1.29, 1.82) is 0 Å². The van der Waals surface area contributed by atoms with E-state index in [0.717, 1.165) is 70.6 Å². The van der Waals surface area contributed by atoms with Gasteiger partial charge in [-0.2, -0.15) is 0 Å². The molecule has 3 N–H and O–H groups in total. The van der Waals surface area contributed by atoms with Gasteiger partial charge >= 0.3 is 5.97 Å². The van der Waals surface area contributed by atoms with Gasteiger partial charge < -0.3 is 20.3 Å². The van der Waals surface area contributed by atoms with Crippen LogP contribution in [0.5, 0.6) is 0 Å². The summed E-state index contributed by atoms with van der Waals surface area (Å²) in [7, 11) is 0. The quantitative estimate of drug-likeness (QED) is 0.0321. The number of esters is 1. The smallest absolute Gasteiger partial charge is 0.305 e. The van der Waals surface area contributed by atoms with Gasteiger partial charge in [0.25, 0.3) is 0 Å². The Labute approximate surface area is 406 Å². The Bertz CT molecular complexity index is 970. The van der Waals surface area contributed by atoms with Crippen LogP contribution in [0.25, 0.3) is 0 Å². The lowest BCUT2D eigenvalue weighted by molar-refractivity contribution is -0.143. The Morgan fingerprint density at radius 3 is 1.12 bits per heavy atom. The number of carbonyl (C=O) groups is 2. The summed E-state index contributed by atoms with van der Waals surface area (Å²) in [5.41, 5.74) is 0. The van der Waals surface area contributed by atoms with Crippen LogP contribution in [0.2, 0.25) is 0 Å². The molecule has 0 aliphatic rings. The zero-order valence-electron chi connectivity index (χ0n) is 44.0. The fourth-order valence-electron chi connectivity index (χ4n) is 9.29. The van der Waals surface area contributed by atoms with Gasteiger partial charge in [0.05, 0.1) is 25.4 Å². The molecule has 386 valence electrons. The lowest BCUT2D eigenvalue weighted by Gasteiger charge is -2.22. The number of allylic oxidation sites excluding steroid dienone is 2. The van der Waals surface area contributed by atoms with Gasteiger partial charge in [0, 0.05) is 12.8 Å². The average molecular weight is 919 g/mol. The van der Waals surface area contributed by atoms with Crippen molar-refractivity contribution >= 4 is 11.9 Å². The first-order valence-electron chi connectivity index (χ1n) is 29.4. The van der Waals surface area contributed by atoms with Crippen molar-refractivity contribution in [3.63, 3.8) is 0 Å². The van der Waals surface area contributed by atoms with Crippen LogP contribution in [-0.2, 0) is 14.3 Å². The second-order valence-corrected chi connectivity index (χ2v) is 20.3. The predicted octanol–water partition coefficient (Wildman–Crippen LogP) is 18.1. The van der Waals surface area contributed by atoms with Crippen LogP contribution >= 0.6 is 0 Å². The minimum absolute atomic E-state index is 0.0298. The highest BCUT2D eigenvalue weighted by atomic mass is 16.5. The summed E-state index contributed by atoms with van der Waals surface area (Å²) in [4.78, 5) is 24.6. The Hall–Kier alpha value is -1.40. The normalized spacial score (nSPS) is 12.6. The molecule has 0 spiro atoms. The summed E-state index contributed by atoms with van der Waals surface area (Å²) in [5.74, 6) is -0.121. The van der Waals surface area contributed by atoms with E-state index >= 15 is 0 Å². The Morgan fingerprint density at radius 1 is 0.415 bits per heavy atom. The largest absolute Gasteiger partial charge is 0.466 e. The molecule has 2 atom stereocenters. The maximum Gasteiger partial charge on any atom is 0.305 e. The second-order valence-electron chi connectivity index (χ2n) is 20.3. The van der Waals surface area contributed by atoms with Crippen molar-refractivity contribution in [1.82, 2.24) is 5.32 Å². The molecule has 0 aromatic heterocycles. The van der Waals surface area contributed by atoms with Crippen LogP contribution in [0, 0.1) is 0 Å². The molecule has 0 aromatic carbocycles. The maximum absolute atomic E-state index is 12.5. The highest BCUT2D eigenvalue weighted by Crippen LogP contribution is 2.18. The number of unbranched alkanes of at least 4 members (excludes halogenated alkanes) is 42. The van der Waals surface area contributed by atoms with Crippen LogP contribution in [0.3, 0.4) is 0 Å². The van der Waals surface area contributed by atoms with Gasteiger partial charge in [-0.25, -0.2) is 0 Å². The van der Waals surface area contributed by atoms with Crippen LogP contribution in [0.4, 0.5) is 0 Å². The molecular weight excluding hydrogens is 803 g/mol. The average Bonchev–Trinajstić information content (AvgIpc) is 3.31. The molecule has 0 heterocycles. The van der Waals surface area contributed by atoms with E-state index in [1.165, 1.54) is 225 Å². The fraction of sp³-hybridized carbons (Fsp3) is 0.932. The lowest BCUT2D eigenvalue weighted by Crippen LogP contribution is -2.45. The number of ether oxygens (including phenoxy) is 1.